The van der Waals surface area contributed by atoms with Crippen LogP contribution < -0.4 is 15.8 Å². The Balaban J connectivity index is 1.67. The van der Waals surface area contributed by atoms with Gasteiger partial charge < -0.3 is 20.5 Å². The molecule has 20 heavy (non-hydrogen) atoms. The molecule has 3 N–H and O–H groups in total. The van der Waals surface area contributed by atoms with Crippen LogP contribution in [0.5, 0.6) is 5.75 Å². The highest BCUT2D eigenvalue weighted by Gasteiger charge is 2.42. The zero-order chi connectivity index (χ0) is 14.4. The first-order valence-corrected chi connectivity index (χ1v) is 6.88. The van der Waals surface area contributed by atoms with Crippen LogP contribution in [0.25, 0.3) is 0 Å². The summed E-state index contributed by atoms with van der Waals surface area (Å²) in [6.45, 7) is 1.49. The van der Waals surface area contributed by atoms with Crippen LogP contribution >= 0.6 is 0 Å². The molecule has 1 fully saturated rings. The smallest absolute Gasteiger partial charge is 0.257 e. The van der Waals surface area contributed by atoms with Gasteiger partial charge in [0.25, 0.3) is 5.91 Å². The maximum atomic E-state index is 11.7. The molecule has 1 aromatic carbocycles. The summed E-state index contributed by atoms with van der Waals surface area (Å²) in [6, 6.07) is 7.00. The Kier molecular flexibility index (Phi) is 4.84. The van der Waals surface area contributed by atoms with Gasteiger partial charge in [0.15, 0.2) is 6.61 Å². The molecule has 5 nitrogen and oxygen atoms in total. The van der Waals surface area contributed by atoms with Crippen molar-refractivity contribution in [3.63, 3.8) is 0 Å². The van der Waals surface area contributed by atoms with E-state index in [1.54, 1.807) is 31.4 Å². The molecule has 1 amide bonds. The predicted octanol–water partition coefficient (Wildman–Crippen LogP) is 1.58. The molecule has 1 saturated carbocycles. The molecule has 1 aliphatic carbocycles. The normalized spacial score (nSPS) is 15.7. The van der Waals surface area contributed by atoms with Crippen molar-refractivity contribution in [3.8, 4) is 5.75 Å². The molecular weight excluding hydrogens is 256 g/mol. The fraction of sp³-hybridized carbons (Fsp3) is 0.533. The molecule has 1 aliphatic rings. The highest BCUT2D eigenvalue weighted by molar-refractivity contribution is 5.77. The number of nitrogens with two attached hydrogens (primary N) is 1. The van der Waals surface area contributed by atoms with Gasteiger partial charge in [-0.3, -0.25) is 4.79 Å². The van der Waals surface area contributed by atoms with Crippen LogP contribution in [-0.4, -0.2) is 32.8 Å². The number of amides is 1. The van der Waals surface area contributed by atoms with Gasteiger partial charge in [0.1, 0.15) is 5.75 Å². The third-order valence-corrected chi connectivity index (χ3v) is 3.70. The van der Waals surface area contributed by atoms with Crippen LogP contribution in [0.15, 0.2) is 24.3 Å². The molecule has 0 bridgehead atoms. The third kappa shape index (κ3) is 4.42. The van der Waals surface area contributed by atoms with E-state index < -0.39 is 0 Å². The van der Waals surface area contributed by atoms with Crippen molar-refractivity contribution in [2.75, 3.05) is 32.6 Å². The van der Waals surface area contributed by atoms with E-state index in [-0.39, 0.29) is 17.9 Å². The number of benzene rings is 1. The van der Waals surface area contributed by atoms with Crippen molar-refractivity contribution in [1.82, 2.24) is 5.32 Å². The van der Waals surface area contributed by atoms with Gasteiger partial charge in [0.2, 0.25) is 0 Å². The fourth-order valence-corrected chi connectivity index (χ4v) is 2.06. The summed E-state index contributed by atoms with van der Waals surface area (Å²) in [6.07, 6.45) is 3.33. The van der Waals surface area contributed by atoms with Crippen LogP contribution in [0.3, 0.4) is 0 Å². The number of ether oxygens (including phenoxy) is 2. The lowest BCUT2D eigenvalue weighted by molar-refractivity contribution is -0.123. The van der Waals surface area contributed by atoms with Crippen molar-refractivity contribution < 1.29 is 14.3 Å². The first kappa shape index (κ1) is 14.7. The Morgan fingerprint density at radius 1 is 1.35 bits per heavy atom. The minimum atomic E-state index is -0.0921. The lowest BCUT2D eigenvalue weighted by atomic mass is 10.0. The Morgan fingerprint density at radius 2 is 2.05 bits per heavy atom. The highest BCUT2D eigenvalue weighted by Crippen LogP contribution is 2.48. The molecule has 110 valence electrons. The number of hydrogen-bond donors (Lipinski definition) is 2. The number of carbonyl (C=O) groups is 1. The summed E-state index contributed by atoms with van der Waals surface area (Å²) in [5.41, 5.74) is 6.51. The van der Waals surface area contributed by atoms with E-state index in [9.17, 15) is 4.79 Å². The molecule has 2 rings (SSSR count). The number of carbonyl (C=O) groups excluding carboxylic acids is 1. The molecule has 0 heterocycles. The first-order chi connectivity index (χ1) is 9.63. The summed E-state index contributed by atoms with van der Waals surface area (Å²) in [7, 11) is 1.70. The first-order valence-electron chi connectivity index (χ1n) is 6.88. The number of rotatable bonds is 8. The van der Waals surface area contributed by atoms with E-state index in [1.807, 2.05) is 0 Å². The van der Waals surface area contributed by atoms with E-state index in [1.165, 1.54) is 0 Å². The predicted molar refractivity (Wildman–Crippen MR) is 77.5 cm³/mol. The average Bonchev–Trinajstić information content (AvgIpc) is 3.23. The Hall–Kier alpha value is -1.75. The SMILES string of the molecule is COCCC1(CNC(=O)COc2ccc(N)cc2)CC1. The molecule has 0 radical (unpaired) electrons. The molecule has 1 aromatic rings. The Morgan fingerprint density at radius 3 is 2.65 bits per heavy atom. The van der Waals surface area contributed by atoms with Crippen LogP contribution in [-0.2, 0) is 9.53 Å². The highest BCUT2D eigenvalue weighted by atomic mass is 16.5. The second-order valence-electron chi connectivity index (χ2n) is 5.38. The average molecular weight is 278 g/mol. The lowest BCUT2D eigenvalue weighted by Crippen LogP contribution is -2.34. The fourth-order valence-electron chi connectivity index (χ4n) is 2.06. The van der Waals surface area contributed by atoms with Gasteiger partial charge in [0, 0.05) is 25.9 Å². The number of nitrogens with one attached hydrogen (secondary N) is 1. The molecule has 0 saturated heterocycles. The summed E-state index contributed by atoms with van der Waals surface area (Å²) in [4.78, 5) is 11.7. The third-order valence-electron chi connectivity index (χ3n) is 3.70. The second kappa shape index (κ2) is 6.61. The van der Waals surface area contributed by atoms with E-state index in [2.05, 4.69) is 5.32 Å². The molecule has 0 aromatic heterocycles. The van der Waals surface area contributed by atoms with Crippen LogP contribution in [0.2, 0.25) is 0 Å². The zero-order valence-corrected chi connectivity index (χ0v) is 11.9. The van der Waals surface area contributed by atoms with Crippen molar-refractivity contribution in [2.24, 2.45) is 5.41 Å². The van der Waals surface area contributed by atoms with Crippen molar-refractivity contribution in [1.29, 1.82) is 0 Å². The molecule has 0 atom stereocenters. The monoisotopic (exact) mass is 278 g/mol. The summed E-state index contributed by atoms with van der Waals surface area (Å²) < 4.78 is 10.5. The lowest BCUT2D eigenvalue weighted by Gasteiger charge is -2.15. The van der Waals surface area contributed by atoms with Gasteiger partial charge in [-0.15, -0.1) is 0 Å². The van der Waals surface area contributed by atoms with Gasteiger partial charge in [-0.25, -0.2) is 0 Å². The van der Waals surface area contributed by atoms with Gasteiger partial charge in [0.05, 0.1) is 0 Å². The number of anilines is 1. The van der Waals surface area contributed by atoms with Crippen LogP contribution in [0, 0.1) is 5.41 Å². The quantitative estimate of drug-likeness (QED) is 0.708. The Labute approximate surface area is 119 Å². The Bertz CT molecular complexity index is 441. The molecule has 0 spiro atoms. The standard InChI is InChI=1S/C15H22N2O3/c1-19-9-8-15(6-7-15)11-17-14(18)10-20-13-4-2-12(16)3-5-13/h2-5H,6-11,16H2,1H3,(H,17,18). The summed E-state index contributed by atoms with van der Waals surface area (Å²) >= 11 is 0. The number of hydrogen-bond acceptors (Lipinski definition) is 4. The number of methoxy groups -OCH3 is 1. The largest absolute Gasteiger partial charge is 0.484 e. The summed E-state index contributed by atoms with van der Waals surface area (Å²) in [5.74, 6) is 0.556. The van der Waals surface area contributed by atoms with Crippen LogP contribution in [0.4, 0.5) is 5.69 Å². The van der Waals surface area contributed by atoms with Crippen molar-refractivity contribution in [3.05, 3.63) is 24.3 Å². The van der Waals surface area contributed by atoms with E-state index in [0.29, 0.717) is 18.0 Å². The summed E-state index contributed by atoms with van der Waals surface area (Å²) in [5, 5.41) is 2.93. The molecular formula is C15H22N2O3. The molecule has 0 aliphatic heterocycles. The maximum absolute atomic E-state index is 11.7. The second-order valence-corrected chi connectivity index (χ2v) is 5.38. The topological polar surface area (TPSA) is 73.6 Å². The molecule has 5 heteroatoms. The van der Waals surface area contributed by atoms with Gasteiger partial charge >= 0.3 is 0 Å². The number of nitrogen functional groups attached to an aromatic ring is 1. The van der Waals surface area contributed by atoms with E-state index >= 15 is 0 Å². The minimum absolute atomic E-state index is 0.0320. The van der Waals surface area contributed by atoms with Gasteiger partial charge in [-0.2, -0.15) is 0 Å². The van der Waals surface area contributed by atoms with Crippen molar-refractivity contribution >= 4 is 11.6 Å². The zero-order valence-electron chi connectivity index (χ0n) is 11.9. The van der Waals surface area contributed by atoms with Crippen molar-refractivity contribution in [2.45, 2.75) is 19.3 Å². The molecule has 0 unspecified atom stereocenters. The van der Waals surface area contributed by atoms with E-state index in [0.717, 1.165) is 25.9 Å². The van der Waals surface area contributed by atoms with Gasteiger partial charge in [-0.05, 0) is 48.9 Å². The van der Waals surface area contributed by atoms with Gasteiger partial charge in [-0.1, -0.05) is 0 Å². The maximum Gasteiger partial charge on any atom is 0.257 e. The van der Waals surface area contributed by atoms with Crippen LogP contribution in [0.1, 0.15) is 19.3 Å². The minimum Gasteiger partial charge on any atom is -0.484 e. The van der Waals surface area contributed by atoms with E-state index in [4.69, 9.17) is 15.2 Å².